The highest BCUT2D eigenvalue weighted by Crippen LogP contribution is 2.27. The van der Waals surface area contributed by atoms with Crippen molar-refractivity contribution in [2.24, 2.45) is 0 Å². The first-order chi connectivity index (χ1) is 16.4. The predicted molar refractivity (Wildman–Crippen MR) is 130 cm³/mol. The summed E-state index contributed by atoms with van der Waals surface area (Å²) in [5, 5.41) is 6.11. The molecule has 0 saturated heterocycles. The molecule has 9 heteroatoms. The van der Waals surface area contributed by atoms with Gasteiger partial charge in [-0.3, -0.25) is 14.4 Å². The number of amides is 2. The van der Waals surface area contributed by atoms with Gasteiger partial charge in [-0.15, -0.1) is 0 Å². The van der Waals surface area contributed by atoms with Crippen molar-refractivity contribution in [1.29, 1.82) is 0 Å². The Hall–Kier alpha value is -3.55. The topological polar surface area (TPSA) is 93.7 Å². The summed E-state index contributed by atoms with van der Waals surface area (Å²) in [5.41, 5.74) is 1.34. The van der Waals surface area contributed by atoms with Crippen molar-refractivity contribution in [3.63, 3.8) is 0 Å². The smallest absolute Gasteiger partial charge is 0.308 e. The van der Waals surface area contributed by atoms with E-state index in [0.717, 1.165) is 0 Å². The highest BCUT2D eigenvalue weighted by molar-refractivity contribution is 6.33. The molecule has 0 spiro atoms. The predicted octanol–water partition coefficient (Wildman–Crippen LogP) is 5.05. The summed E-state index contributed by atoms with van der Waals surface area (Å²) in [4.78, 5) is 37.6. The Morgan fingerprint density at radius 2 is 1.65 bits per heavy atom. The summed E-state index contributed by atoms with van der Waals surface area (Å²) in [6, 6.07) is 19.6. The number of halogens is 2. The Bertz CT molecular complexity index is 1170. The molecule has 34 heavy (non-hydrogen) atoms. The average Bonchev–Trinajstić information content (AvgIpc) is 2.83. The largest absolute Gasteiger partial charge is 0.495 e. The molecule has 0 heterocycles. The number of anilines is 1. The van der Waals surface area contributed by atoms with Crippen molar-refractivity contribution in [3.05, 3.63) is 94.0 Å². The van der Waals surface area contributed by atoms with E-state index in [1.54, 1.807) is 60.7 Å². The third kappa shape index (κ3) is 6.97. The molecule has 3 aromatic carbocycles. The monoisotopic (exact) mass is 500 g/mol. The van der Waals surface area contributed by atoms with Crippen LogP contribution in [0.1, 0.15) is 28.4 Å². The molecule has 3 rings (SSSR count). The molecule has 0 aromatic heterocycles. The summed E-state index contributed by atoms with van der Waals surface area (Å²) < 4.78 is 10.3. The fourth-order valence-corrected chi connectivity index (χ4v) is 3.55. The number of esters is 1. The van der Waals surface area contributed by atoms with Crippen LogP contribution in [0.3, 0.4) is 0 Å². The molecule has 0 radical (unpaired) electrons. The van der Waals surface area contributed by atoms with Crippen LogP contribution in [0.25, 0.3) is 0 Å². The zero-order chi connectivity index (χ0) is 24.5. The molecule has 1 atom stereocenters. The quantitative estimate of drug-likeness (QED) is 0.401. The first kappa shape index (κ1) is 25.1. The van der Waals surface area contributed by atoms with E-state index < -0.39 is 30.4 Å². The van der Waals surface area contributed by atoms with E-state index in [4.69, 9.17) is 32.7 Å². The number of methoxy groups -OCH3 is 1. The lowest BCUT2D eigenvalue weighted by Gasteiger charge is -2.19. The van der Waals surface area contributed by atoms with E-state index in [1.807, 2.05) is 6.07 Å². The summed E-state index contributed by atoms with van der Waals surface area (Å²) in [7, 11) is 1.46. The van der Waals surface area contributed by atoms with Crippen molar-refractivity contribution in [2.45, 2.75) is 12.5 Å². The maximum atomic E-state index is 12.8. The molecule has 0 bridgehead atoms. The summed E-state index contributed by atoms with van der Waals surface area (Å²) in [6.45, 7) is -0.519. The van der Waals surface area contributed by atoms with Crippen molar-refractivity contribution < 1.29 is 23.9 Å². The normalized spacial score (nSPS) is 11.3. The van der Waals surface area contributed by atoms with Gasteiger partial charge in [0, 0.05) is 5.02 Å². The van der Waals surface area contributed by atoms with Crippen LogP contribution in [0.15, 0.2) is 72.8 Å². The SMILES string of the molecule is COc1ccc(Cl)cc1NC(=O)COC(=O)C[C@H](NC(=O)c1ccccc1Cl)c1ccccc1. The van der Waals surface area contributed by atoms with Crippen LogP contribution in [-0.4, -0.2) is 31.5 Å². The molecule has 0 fully saturated rings. The van der Waals surface area contributed by atoms with Gasteiger partial charge >= 0.3 is 5.97 Å². The lowest BCUT2D eigenvalue weighted by molar-refractivity contribution is -0.147. The van der Waals surface area contributed by atoms with E-state index in [9.17, 15) is 14.4 Å². The Morgan fingerprint density at radius 1 is 0.941 bits per heavy atom. The molecule has 3 aromatic rings. The molecule has 2 amide bonds. The standard InChI is InChI=1S/C25H22Cl2N2O5/c1-33-22-12-11-17(26)13-21(22)28-23(30)15-34-24(31)14-20(16-7-3-2-4-8-16)29-25(32)18-9-5-6-10-19(18)27/h2-13,20H,14-15H2,1H3,(H,28,30)(H,29,32)/t20-/m0/s1. The average molecular weight is 501 g/mol. The second-order valence-corrected chi connectivity index (χ2v) is 8.02. The van der Waals surface area contributed by atoms with Gasteiger partial charge in [-0.25, -0.2) is 0 Å². The lowest BCUT2D eigenvalue weighted by atomic mass is 10.0. The minimum Gasteiger partial charge on any atom is -0.495 e. The molecule has 0 saturated carbocycles. The highest BCUT2D eigenvalue weighted by atomic mass is 35.5. The molecular weight excluding hydrogens is 479 g/mol. The number of carbonyl (C=O) groups excluding carboxylic acids is 3. The Kier molecular flexibility index (Phi) is 8.90. The van der Waals surface area contributed by atoms with Crippen molar-refractivity contribution >= 4 is 46.7 Å². The summed E-state index contributed by atoms with van der Waals surface area (Å²) in [6.07, 6.45) is -0.187. The second kappa shape index (κ2) is 12.1. The Morgan fingerprint density at radius 3 is 2.35 bits per heavy atom. The van der Waals surface area contributed by atoms with Crippen LogP contribution in [0.4, 0.5) is 5.69 Å². The first-order valence-corrected chi connectivity index (χ1v) is 11.0. The number of rotatable bonds is 9. The van der Waals surface area contributed by atoms with Gasteiger partial charge in [0.15, 0.2) is 6.61 Å². The van der Waals surface area contributed by atoms with Gasteiger partial charge in [-0.05, 0) is 35.9 Å². The van der Waals surface area contributed by atoms with Gasteiger partial charge in [0.25, 0.3) is 11.8 Å². The number of ether oxygens (including phenoxy) is 2. The molecule has 176 valence electrons. The van der Waals surface area contributed by atoms with E-state index >= 15 is 0 Å². The lowest BCUT2D eigenvalue weighted by Crippen LogP contribution is -2.31. The molecule has 0 aliphatic heterocycles. The van der Waals surface area contributed by atoms with Gasteiger partial charge < -0.3 is 20.1 Å². The fraction of sp³-hybridized carbons (Fsp3) is 0.160. The minimum atomic E-state index is -0.687. The third-order valence-electron chi connectivity index (χ3n) is 4.80. The zero-order valence-corrected chi connectivity index (χ0v) is 19.7. The van der Waals surface area contributed by atoms with Crippen LogP contribution in [0.2, 0.25) is 10.0 Å². The van der Waals surface area contributed by atoms with E-state index in [0.29, 0.717) is 27.0 Å². The van der Waals surface area contributed by atoms with Crippen LogP contribution in [0.5, 0.6) is 5.75 Å². The van der Waals surface area contributed by atoms with Crippen LogP contribution in [0, 0.1) is 0 Å². The number of hydrogen-bond acceptors (Lipinski definition) is 5. The molecule has 2 N–H and O–H groups in total. The van der Waals surface area contributed by atoms with Crippen LogP contribution >= 0.6 is 23.2 Å². The van der Waals surface area contributed by atoms with Crippen molar-refractivity contribution in [1.82, 2.24) is 5.32 Å². The van der Waals surface area contributed by atoms with Gasteiger partial charge in [0.2, 0.25) is 0 Å². The van der Waals surface area contributed by atoms with Crippen molar-refractivity contribution in [3.8, 4) is 5.75 Å². The van der Waals surface area contributed by atoms with Gasteiger partial charge in [0.05, 0.1) is 35.8 Å². The number of nitrogens with one attached hydrogen (secondary N) is 2. The van der Waals surface area contributed by atoms with Crippen LogP contribution in [-0.2, 0) is 14.3 Å². The van der Waals surface area contributed by atoms with Gasteiger partial charge in [-0.1, -0.05) is 65.7 Å². The van der Waals surface area contributed by atoms with E-state index in [1.165, 1.54) is 13.2 Å². The van der Waals surface area contributed by atoms with E-state index in [-0.39, 0.29) is 12.0 Å². The Labute approximate surface area is 207 Å². The number of benzene rings is 3. The minimum absolute atomic E-state index is 0.187. The number of carbonyl (C=O) groups is 3. The van der Waals surface area contributed by atoms with Gasteiger partial charge in [0.1, 0.15) is 5.75 Å². The van der Waals surface area contributed by atoms with Crippen molar-refractivity contribution in [2.75, 3.05) is 19.0 Å². The van der Waals surface area contributed by atoms with E-state index in [2.05, 4.69) is 10.6 Å². The maximum Gasteiger partial charge on any atom is 0.308 e. The molecule has 0 aliphatic carbocycles. The summed E-state index contributed by atoms with van der Waals surface area (Å²) >= 11 is 12.1. The molecule has 0 unspecified atom stereocenters. The third-order valence-corrected chi connectivity index (χ3v) is 5.36. The second-order valence-electron chi connectivity index (χ2n) is 7.17. The fourth-order valence-electron chi connectivity index (χ4n) is 3.15. The summed E-state index contributed by atoms with van der Waals surface area (Å²) in [5.74, 6) is -1.25. The first-order valence-electron chi connectivity index (χ1n) is 10.3. The van der Waals surface area contributed by atoms with Crippen LogP contribution < -0.4 is 15.4 Å². The molecule has 7 nitrogen and oxygen atoms in total. The maximum absolute atomic E-state index is 12.8. The highest BCUT2D eigenvalue weighted by Gasteiger charge is 2.22. The Balaban J connectivity index is 1.63. The molecular formula is C25H22Cl2N2O5. The number of hydrogen-bond donors (Lipinski definition) is 2. The van der Waals surface area contributed by atoms with Gasteiger partial charge in [-0.2, -0.15) is 0 Å². The zero-order valence-electron chi connectivity index (χ0n) is 18.2. The molecule has 0 aliphatic rings.